The predicted octanol–water partition coefficient (Wildman–Crippen LogP) is 5.51. The van der Waals surface area contributed by atoms with Gasteiger partial charge in [-0.15, -0.1) is 6.58 Å². The average molecular weight is 818 g/mol. The molecule has 2 heterocycles. The van der Waals surface area contributed by atoms with E-state index in [4.69, 9.17) is 19.2 Å². The number of aromatic nitrogens is 1. The third-order valence-corrected chi connectivity index (χ3v) is 12.4. The van der Waals surface area contributed by atoms with Crippen LogP contribution in [0.25, 0.3) is 22.2 Å². The fourth-order valence-corrected chi connectivity index (χ4v) is 9.03. The van der Waals surface area contributed by atoms with Crippen LogP contribution in [0.2, 0.25) is 0 Å². The second-order valence-corrected chi connectivity index (χ2v) is 19.5. The van der Waals surface area contributed by atoms with Crippen LogP contribution in [0.3, 0.4) is 0 Å². The lowest BCUT2D eigenvalue weighted by Crippen LogP contribution is -2.60. The number of rotatable bonds is 13. The highest BCUT2D eigenvalue weighted by molar-refractivity contribution is 7.90. The maximum atomic E-state index is 14.7. The number of pyridine rings is 1. The van der Waals surface area contributed by atoms with Crippen molar-refractivity contribution in [1.29, 1.82) is 0 Å². The normalized spacial score (nSPS) is 22.6. The Labute approximate surface area is 340 Å². The quantitative estimate of drug-likeness (QED) is 0.186. The van der Waals surface area contributed by atoms with Crippen molar-refractivity contribution in [3.05, 3.63) is 67.3 Å². The van der Waals surface area contributed by atoms with E-state index in [2.05, 4.69) is 21.9 Å². The van der Waals surface area contributed by atoms with Crippen LogP contribution in [-0.4, -0.2) is 90.9 Å². The molecule has 312 valence electrons. The van der Waals surface area contributed by atoms with Crippen LogP contribution in [-0.2, 0) is 29.1 Å². The number of nitrogens with zero attached hydrogens (tertiary/aromatic N) is 2. The minimum atomic E-state index is -3.97. The molecule has 14 nitrogen and oxygen atoms in total. The summed E-state index contributed by atoms with van der Waals surface area (Å²) in [5.74, 6) is -1.75. The number of nitrogens with one attached hydrogen (secondary N) is 3. The lowest BCUT2D eigenvalue weighted by atomic mass is 9.85. The molecule has 3 N–H and O–H groups in total. The van der Waals surface area contributed by atoms with Gasteiger partial charge in [0, 0.05) is 35.4 Å². The first-order valence-corrected chi connectivity index (χ1v) is 21.4. The minimum absolute atomic E-state index is 0.0119. The van der Waals surface area contributed by atoms with Gasteiger partial charge in [0.15, 0.2) is 0 Å². The summed E-state index contributed by atoms with van der Waals surface area (Å²) in [6.45, 7) is 14.3. The molecule has 3 aromatic rings. The standard InChI is InChI=1S/C43H55N5O9S/c1-9-28-23-43(28,39(51)47-58(53,54)25-26-14-13-15-26)46-37(49)34-21-30(24-48(34)38(50)36(41(2,3)4)45-40(52)57-42(5,6)7)56-35-22-32(27-16-11-10-12-17-27)44-33-20-29(55-8)18-19-31(33)35/h9-12,16-20,22,26,28,30,34,36H,1,13-15,21,23-25H2,2-8H3,(H,45,52)(H,46,49)(H,47,51). The second-order valence-electron chi connectivity index (χ2n) is 17.7. The van der Waals surface area contributed by atoms with Crippen LogP contribution in [0.1, 0.15) is 73.6 Å². The van der Waals surface area contributed by atoms with Crippen LogP contribution < -0.4 is 24.8 Å². The van der Waals surface area contributed by atoms with Gasteiger partial charge in [-0.1, -0.05) is 63.6 Å². The minimum Gasteiger partial charge on any atom is -0.497 e. The molecule has 3 fully saturated rings. The van der Waals surface area contributed by atoms with Crippen molar-refractivity contribution in [3.8, 4) is 22.8 Å². The summed E-state index contributed by atoms with van der Waals surface area (Å²) in [4.78, 5) is 62.3. The van der Waals surface area contributed by atoms with E-state index in [1.165, 1.54) is 11.0 Å². The van der Waals surface area contributed by atoms with E-state index in [9.17, 15) is 27.6 Å². The highest BCUT2D eigenvalue weighted by atomic mass is 32.2. The Bertz CT molecular complexity index is 2180. The van der Waals surface area contributed by atoms with E-state index in [0.29, 0.717) is 28.1 Å². The molecule has 4 amide bonds. The SMILES string of the molecule is C=CC1CC1(NC(=O)C1CC(Oc2cc(-c3ccccc3)nc3cc(OC)ccc23)CN1C(=O)C(NC(=O)OC(C)(C)C)C(C)(C)C)C(=O)NS(=O)(=O)CC1CCC1. The second kappa shape index (κ2) is 16.2. The molecule has 1 aliphatic heterocycles. The summed E-state index contributed by atoms with van der Waals surface area (Å²) in [5, 5.41) is 6.24. The molecular formula is C43H55N5O9S. The van der Waals surface area contributed by atoms with Crippen molar-refractivity contribution in [1.82, 2.24) is 25.2 Å². The summed E-state index contributed by atoms with van der Waals surface area (Å²) in [7, 11) is -2.40. The summed E-state index contributed by atoms with van der Waals surface area (Å²) in [6.07, 6.45) is 2.61. The Morgan fingerprint density at radius 3 is 2.33 bits per heavy atom. The number of methoxy groups -OCH3 is 1. The fourth-order valence-electron chi connectivity index (χ4n) is 7.53. The molecule has 58 heavy (non-hydrogen) atoms. The van der Waals surface area contributed by atoms with Crippen LogP contribution in [0.15, 0.2) is 67.3 Å². The van der Waals surface area contributed by atoms with E-state index in [-0.39, 0.29) is 31.1 Å². The van der Waals surface area contributed by atoms with Gasteiger partial charge in [-0.3, -0.25) is 19.1 Å². The first-order valence-electron chi connectivity index (χ1n) is 19.7. The van der Waals surface area contributed by atoms with Crippen LogP contribution in [0.5, 0.6) is 11.5 Å². The molecule has 0 spiro atoms. The number of hydrogen-bond acceptors (Lipinski definition) is 10. The molecule has 2 aromatic carbocycles. The molecule has 1 saturated heterocycles. The molecular weight excluding hydrogens is 763 g/mol. The largest absolute Gasteiger partial charge is 0.497 e. The number of carbonyl (C=O) groups excluding carboxylic acids is 4. The topological polar surface area (TPSA) is 182 Å². The molecule has 6 rings (SSSR count). The fraction of sp³-hybridized carbons (Fsp3) is 0.512. The number of fused-ring (bicyclic) bond motifs is 1. The smallest absolute Gasteiger partial charge is 0.408 e. The molecule has 3 aliphatic rings. The number of alkyl carbamates (subject to hydrolysis) is 1. The molecule has 1 aromatic heterocycles. The Balaban J connectivity index is 1.33. The molecule has 0 bridgehead atoms. The maximum Gasteiger partial charge on any atom is 0.408 e. The first-order chi connectivity index (χ1) is 27.2. The van der Waals surface area contributed by atoms with Crippen LogP contribution >= 0.6 is 0 Å². The molecule has 5 atom stereocenters. The highest BCUT2D eigenvalue weighted by Crippen LogP contribution is 2.45. The Morgan fingerprint density at radius 2 is 1.74 bits per heavy atom. The number of hydrogen-bond donors (Lipinski definition) is 3. The van der Waals surface area contributed by atoms with Crippen LogP contribution in [0, 0.1) is 17.3 Å². The van der Waals surface area contributed by atoms with Gasteiger partial charge >= 0.3 is 6.09 Å². The van der Waals surface area contributed by atoms with Gasteiger partial charge in [0.05, 0.1) is 30.6 Å². The Morgan fingerprint density at radius 1 is 1.03 bits per heavy atom. The van der Waals surface area contributed by atoms with Crippen molar-refractivity contribution >= 4 is 44.7 Å². The van der Waals surface area contributed by atoms with E-state index in [0.717, 1.165) is 24.8 Å². The van der Waals surface area contributed by atoms with Gasteiger partial charge in [-0.2, -0.15) is 0 Å². The zero-order chi connectivity index (χ0) is 42.2. The monoisotopic (exact) mass is 817 g/mol. The van der Waals surface area contributed by atoms with Crippen molar-refractivity contribution in [2.45, 2.75) is 103 Å². The number of likely N-dealkylation sites (tertiary alicyclic amines) is 1. The van der Waals surface area contributed by atoms with E-state index in [1.807, 2.05) is 42.5 Å². The van der Waals surface area contributed by atoms with E-state index < -0.39 is 74.5 Å². The van der Waals surface area contributed by atoms with Crippen molar-refractivity contribution in [2.75, 3.05) is 19.4 Å². The number of carbonyl (C=O) groups is 4. The van der Waals surface area contributed by atoms with Gasteiger partial charge < -0.3 is 29.7 Å². The average Bonchev–Trinajstić information content (AvgIpc) is 3.69. The maximum absolute atomic E-state index is 14.7. The lowest BCUT2D eigenvalue weighted by Gasteiger charge is -2.36. The van der Waals surface area contributed by atoms with Gasteiger partial charge in [0.1, 0.15) is 40.8 Å². The predicted molar refractivity (Wildman–Crippen MR) is 219 cm³/mol. The lowest BCUT2D eigenvalue weighted by molar-refractivity contribution is -0.143. The van der Waals surface area contributed by atoms with E-state index >= 15 is 0 Å². The first kappa shape index (κ1) is 42.4. The zero-order valence-corrected chi connectivity index (χ0v) is 35.1. The zero-order valence-electron chi connectivity index (χ0n) is 34.3. The van der Waals surface area contributed by atoms with Gasteiger partial charge in [-0.25, -0.2) is 18.2 Å². The Hall–Kier alpha value is -5.18. The molecule has 0 radical (unpaired) electrons. The summed E-state index contributed by atoms with van der Waals surface area (Å²) < 4.78 is 45.9. The number of benzene rings is 2. The number of sulfonamides is 1. The molecule has 5 unspecified atom stereocenters. The third kappa shape index (κ3) is 9.57. The number of amides is 4. The van der Waals surface area contributed by atoms with Crippen molar-refractivity contribution in [3.63, 3.8) is 0 Å². The highest BCUT2D eigenvalue weighted by Gasteiger charge is 2.61. The van der Waals surface area contributed by atoms with Gasteiger partial charge in [-0.05, 0) is 63.5 Å². The summed E-state index contributed by atoms with van der Waals surface area (Å²) in [6, 6.07) is 14.5. The number of ether oxygens (including phenoxy) is 3. The van der Waals surface area contributed by atoms with Crippen LogP contribution in [0.4, 0.5) is 4.79 Å². The summed E-state index contributed by atoms with van der Waals surface area (Å²) >= 11 is 0. The van der Waals surface area contributed by atoms with E-state index in [1.54, 1.807) is 60.8 Å². The van der Waals surface area contributed by atoms with Crippen molar-refractivity contribution < 1.29 is 41.8 Å². The van der Waals surface area contributed by atoms with Gasteiger partial charge in [0.25, 0.3) is 5.91 Å². The molecule has 2 saturated carbocycles. The Kier molecular flexibility index (Phi) is 11.9. The summed E-state index contributed by atoms with van der Waals surface area (Å²) in [5.41, 5.74) is -1.17. The van der Waals surface area contributed by atoms with Gasteiger partial charge in [0.2, 0.25) is 21.8 Å². The van der Waals surface area contributed by atoms with Crippen molar-refractivity contribution in [2.24, 2.45) is 17.3 Å². The molecule has 15 heteroatoms. The third-order valence-electron chi connectivity index (χ3n) is 10.9. The molecule has 2 aliphatic carbocycles.